The Balaban J connectivity index is 1.92. The van der Waals surface area contributed by atoms with E-state index >= 15 is 0 Å². The van der Waals surface area contributed by atoms with Gasteiger partial charge in [0.1, 0.15) is 17.3 Å². The van der Waals surface area contributed by atoms with Crippen LogP contribution in [0.5, 0.6) is 0 Å². The van der Waals surface area contributed by atoms with E-state index in [9.17, 15) is 22.4 Å². The Morgan fingerprint density at radius 1 is 0.920 bits per heavy atom. The maximum absolute atomic E-state index is 12.8. The van der Waals surface area contributed by atoms with Crippen LogP contribution in [0, 0.1) is 5.82 Å². The fourth-order valence-corrected chi connectivity index (χ4v) is 3.16. The molecule has 2 N–H and O–H groups in total. The van der Waals surface area contributed by atoms with Crippen molar-refractivity contribution in [2.24, 2.45) is 0 Å². The molecule has 0 radical (unpaired) electrons. The number of carbonyl (C=O) groups is 2. The third kappa shape index (κ3) is 6.17. The van der Waals surface area contributed by atoms with Gasteiger partial charge in [0.15, 0.2) is 9.84 Å². The monoisotopic (exact) mass is 384 g/mol. The molecule has 0 saturated carbocycles. The maximum atomic E-state index is 12.8. The van der Waals surface area contributed by atoms with Gasteiger partial charge in [-0.15, -0.1) is 0 Å². The van der Waals surface area contributed by atoms with E-state index in [1.165, 1.54) is 18.2 Å². The van der Waals surface area contributed by atoms with E-state index in [2.05, 4.69) is 10.6 Å². The van der Waals surface area contributed by atoms with Crippen LogP contribution in [-0.4, -0.2) is 31.7 Å². The molecule has 2 aromatic carbocycles. The topological polar surface area (TPSA) is 92.3 Å². The van der Waals surface area contributed by atoms with Crippen LogP contribution in [0.15, 0.2) is 48.5 Å². The van der Waals surface area contributed by atoms with Crippen molar-refractivity contribution in [3.05, 3.63) is 59.4 Å². The molecule has 0 aliphatic rings. The molecule has 0 aromatic heterocycles. The van der Waals surface area contributed by atoms with E-state index in [1.807, 2.05) is 0 Å². The number of carbonyl (C=O) groups excluding carboxylic acids is 2. The highest BCUT2D eigenvalue weighted by molar-refractivity contribution is 7.92. The molecule has 25 heavy (non-hydrogen) atoms. The third-order valence-corrected chi connectivity index (χ3v) is 4.71. The van der Waals surface area contributed by atoms with Crippen LogP contribution < -0.4 is 10.6 Å². The van der Waals surface area contributed by atoms with Crippen LogP contribution in [0.1, 0.15) is 0 Å². The van der Waals surface area contributed by atoms with Crippen LogP contribution in [-0.2, 0) is 19.4 Å². The number of amides is 2. The van der Waals surface area contributed by atoms with Gasteiger partial charge < -0.3 is 10.6 Å². The molecule has 0 aliphatic carbocycles. The number of anilines is 2. The fourth-order valence-electron chi connectivity index (χ4n) is 1.93. The fraction of sp³-hybridized carbons (Fsp3) is 0.125. The minimum absolute atomic E-state index is 0.252. The first-order valence-electron chi connectivity index (χ1n) is 7.05. The normalized spacial score (nSPS) is 11.0. The molecule has 6 nitrogen and oxygen atoms in total. The molecule has 0 aliphatic heterocycles. The Morgan fingerprint density at radius 3 is 2.08 bits per heavy atom. The zero-order valence-corrected chi connectivity index (χ0v) is 14.4. The summed E-state index contributed by atoms with van der Waals surface area (Å²) < 4.78 is 36.7. The number of nitrogens with one attached hydrogen (secondary N) is 2. The minimum Gasteiger partial charge on any atom is -0.325 e. The van der Waals surface area contributed by atoms with E-state index in [0.29, 0.717) is 0 Å². The number of rotatable bonds is 6. The summed E-state index contributed by atoms with van der Waals surface area (Å²) in [7, 11) is -3.98. The molecule has 0 atom stereocenters. The minimum atomic E-state index is -3.98. The van der Waals surface area contributed by atoms with Crippen molar-refractivity contribution in [3.8, 4) is 0 Å². The molecule has 0 fully saturated rings. The van der Waals surface area contributed by atoms with Gasteiger partial charge >= 0.3 is 0 Å². The van der Waals surface area contributed by atoms with Gasteiger partial charge in [-0.3, -0.25) is 9.59 Å². The second-order valence-electron chi connectivity index (χ2n) is 5.12. The quantitative estimate of drug-likeness (QED) is 0.800. The van der Waals surface area contributed by atoms with E-state index in [0.717, 1.165) is 12.1 Å². The van der Waals surface area contributed by atoms with Crippen molar-refractivity contribution < 1.29 is 22.4 Å². The van der Waals surface area contributed by atoms with Crippen LogP contribution in [0.25, 0.3) is 0 Å². The summed E-state index contributed by atoms with van der Waals surface area (Å²) in [5.74, 6) is -3.85. The van der Waals surface area contributed by atoms with Gasteiger partial charge in [-0.05, 0) is 36.4 Å². The first kappa shape index (κ1) is 18.9. The average molecular weight is 385 g/mol. The smallest absolute Gasteiger partial charge is 0.239 e. The molecule has 2 amide bonds. The molecule has 0 bridgehead atoms. The van der Waals surface area contributed by atoms with Crippen LogP contribution in [0.4, 0.5) is 15.8 Å². The van der Waals surface area contributed by atoms with Gasteiger partial charge in [-0.2, -0.15) is 0 Å². The molecule has 0 unspecified atom stereocenters. The number of halogens is 2. The summed E-state index contributed by atoms with van der Waals surface area (Å²) in [5.41, 5.74) is 0.530. The average Bonchev–Trinajstić information content (AvgIpc) is 2.50. The highest BCUT2D eigenvalue weighted by Gasteiger charge is 2.21. The van der Waals surface area contributed by atoms with Crippen molar-refractivity contribution in [1.82, 2.24) is 0 Å². The molecule has 0 saturated heterocycles. The standard InChI is InChI=1S/C16H14ClFN2O4S/c17-13-3-1-2-4-14(13)20-16(22)10-25(23,24)9-15(21)19-12-7-5-11(18)6-8-12/h1-8H,9-10H2,(H,19,21)(H,20,22). The Morgan fingerprint density at radius 2 is 1.48 bits per heavy atom. The van der Waals surface area contributed by atoms with E-state index < -0.39 is 39.0 Å². The molecular formula is C16H14ClFN2O4S. The van der Waals surface area contributed by atoms with Gasteiger partial charge in [-0.1, -0.05) is 23.7 Å². The molecule has 132 valence electrons. The Labute approximate surface area is 148 Å². The van der Waals surface area contributed by atoms with Crippen LogP contribution in [0.2, 0.25) is 5.02 Å². The van der Waals surface area contributed by atoms with Gasteiger partial charge in [0.05, 0.1) is 10.7 Å². The molecule has 2 aromatic rings. The van der Waals surface area contributed by atoms with E-state index in [4.69, 9.17) is 11.6 Å². The summed E-state index contributed by atoms with van der Waals surface area (Å²) in [4.78, 5) is 23.6. The lowest BCUT2D eigenvalue weighted by atomic mass is 10.3. The Bertz CT molecular complexity index is 885. The first-order chi connectivity index (χ1) is 11.7. The van der Waals surface area contributed by atoms with Crippen molar-refractivity contribution in [3.63, 3.8) is 0 Å². The van der Waals surface area contributed by atoms with Crippen molar-refractivity contribution in [2.45, 2.75) is 0 Å². The second-order valence-corrected chi connectivity index (χ2v) is 7.59. The Hall–Kier alpha value is -2.45. The molecular weight excluding hydrogens is 371 g/mol. The van der Waals surface area contributed by atoms with Crippen LogP contribution in [0.3, 0.4) is 0 Å². The zero-order chi connectivity index (χ0) is 18.4. The number of hydrogen-bond acceptors (Lipinski definition) is 4. The zero-order valence-electron chi connectivity index (χ0n) is 12.8. The summed E-state index contributed by atoms with van der Waals surface area (Å²) in [6, 6.07) is 11.2. The van der Waals surface area contributed by atoms with Crippen molar-refractivity contribution in [2.75, 3.05) is 22.1 Å². The largest absolute Gasteiger partial charge is 0.325 e. The van der Waals surface area contributed by atoms with E-state index in [-0.39, 0.29) is 16.4 Å². The number of para-hydroxylation sites is 1. The van der Waals surface area contributed by atoms with Crippen molar-refractivity contribution in [1.29, 1.82) is 0 Å². The summed E-state index contributed by atoms with van der Waals surface area (Å²) in [5, 5.41) is 4.96. The van der Waals surface area contributed by atoms with Gasteiger partial charge in [-0.25, -0.2) is 12.8 Å². The highest BCUT2D eigenvalue weighted by Crippen LogP contribution is 2.20. The molecule has 0 spiro atoms. The lowest BCUT2D eigenvalue weighted by Crippen LogP contribution is -2.30. The summed E-state index contributed by atoms with van der Waals surface area (Å²) >= 11 is 5.87. The third-order valence-electron chi connectivity index (χ3n) is 2.98. The van der Waals surface area contributed by atoms with Gasteiger partial charge in [0.2, 0.25) is 11.8 Å². The number of hydrogen-bond donors (Lipinski definition) is 2. The summed E-state index contributed by atoms with van der Waals surface area (Å²) in [6.07, 6.45) is 0. The highest BCUT2D eigenvalue weighted by atomic mass is 35.5. The van der Waals surface area contributed by atoms with Crippen LogP contribution >= 0.6 is 11.6 Å². The molecule has 2 rings (SSSR count). The SMILES string of the molecule is O=C(CS(=O)(=O)CC(=O)Nc1ccccc1Cl)Nc1ccc(F)cc1. The van der Waals surface area contributed by atoms with Crippen molar-refractivity contribution >= 4 is 44.6 Å². The second kappa shape index (κ2) is 8.09. The van der Waals surface area contributed by atoms with Gasteiger partial charge in [0, 0.05) is 5.69 Å². The molecule has 0 heterocycles. The van der Waals surface area contributed by atoms with Gasteiger partial charge in [0.25, 0.3) is 0 Å². The Kier molecular flexibility index (Phi) is 6.11. The molecule has 9 heteroatoms. The predicted molar refractivity (Wildman–Crippen MR) is 93.8 cm³/mol. The lowest BCUT2D eigenvalue weighted by Gasteiger charge is -2.08. The maximum Gasteiger partial charge on any atom is 0.239 e. The first-order valence-corrected chi connectivity index (χ1v) is 9.25. The number of sulfone groups is 1. The summed E-state index contributed by atoms with van der Waals surface area (Å²) in [6.45, 7) is 0. The van der Waals surface area contributed by atoms with E-state index in [1.54, 1.807) is 18.2 Å². The number of benzene rings is 2. The predicted octanol–water partition coefficient (Wildman–Crippen LogP) is 2.47. The lowest BCUT2D eigenvalue weighted by molar-refractivity contribution is -0.114.